The van der Waals surface area contributed by atoms with Crippen LogP contribution >= 0.6 is 0 Å². The van der Waals surface area contributed by atoms with Gasteiger partial charge >= 0.3 is 0 Å². The number of amides is 1. The van der Waals surface area contributed by atoms with Crippen molar-refractivity contribution in [3.05, 3.63) is 17.4 Å². The molecule has 1 aliphatic rings. The standard InChI is InChI=1S/C16H27N3O4S/c1-12-14(11-15(23-12)24(21,22)17-2)16(20)19-10-9-18-13-7-5-3-4-6-8-13/h11,13,17-18H,3-10H2,1-2H3,(H,19,20). The fourth-order valence-electron chi connectivity index (χ4n) is 2.94. The zero-order valence-electron chi connectivity index (χ0n) is 14.4. The van der Waals surface area contributed by atoms with Crippen molar-refractivity contribution >= 4 is 15.9 Å². The number of nitrogens with one attached hydrogen (secondary N) is 3. The number of carbonyl (C=O) groups excluding carboxylic acids is 1. The molecule has 1 aromatic heterocycles. The van der Waals surface area contributed by atoms with Crippen molar-refractivity contribution in [2.24, 2.45) is 0 Å². The molecular formula is C16H27N3O4S. The van der Waals surface area contributed by atoms with E-state index >= 15 is 0 Å². The Labute approximate surface area is 143 Å². The molecule has 24 heavy (non-hydrogen) atoms. The van der Waals surface area contributed by atoms with Crippen LogP contribution in [0.15, 0.2) is 15.6 Å². The van der Waals surface area contributed by atoms with Crippen LogP contribution in [-0.4, -0.2) is 40.5 Å². The number of carbonyl (C=O) groups is 1. The molecule has 2 rings (SSSR count). The van der Waals surface area contributed by atoms with E-state index in [2.05, 4.69) is 15.4 Å². The van der Waals surface area contributed by atoms with Crippen LogP contribution < -0.4 is 15.4 Å². The van der Waals surface area contributed by atoms with E-state index < -0.39 is 10.0 Å². The summed E-state index contributed by atoms with van der Waals surface area (Å²) in [6.07, 6.45) is 7.54. The van der Waals surface area contributed by atoms with Gasteiger partial charge in [-0.15, -0.1) is 0 Å². The number of aryl methyl sites for hydroxylation is 1. The SMILES string of the molecule is CNS(=O)(=O)c1cc(C(=O)NCCNC2CCCCCC2)c(C)o1. The molecule has 1 heterocycles. The molecule has 0 aliphatic heterocycles. The Kier molecular flexibility index (Phi) is 6.82. The third kappa shape index (κ3) is 5.06. The number of furan rings is 1. The number of hydrogen-bond donors (Lipinski definition) is 3. The average Bonchev–Trinajstić information content (AvgIpc) is 2.79. The number of hydrogen-bond acceptors (Lipinski definition) is 5. The van der Waals surface area contributed by atoms with Crippen molar-refractivity contribution in [3.8, 4) is 0 Å². The molecule has 3 N–H and O–H groups in total. The summed E-state index contributed by atoms with van der Waals surface area (Å²) in [6.45, 7) is 2.77. The highest BCUT2D eigenvalue weighted by molar-refractivity contribution is 7.89. The summed E-state index contributed by atoms with van der Waals surface area (Å²) >= 11 is 0. The van der Waals surface area contributed by atoms with Crippen molar-refractivity contribution in [2.45, 2.75) is 56.6 Å². The third-order valence-electron chi connectivity index (χ3n) is 4.37. The molecule has 8 heteroatoms. The molecule has 1 aromatic rings. The molecule has 7 nitrogen and oxygen atoms in total. The van der Waals surface area contributed by atoms with Crippen LogP contribution in [0.1, 0.15) is 54.6 Å². The van der Waals surface area contributed by atoms with Crippen molar-refractivity contribution in [1.29, 1.82) is 0 Å². The quantitative estimate of drug-likeness (QED) is 0.508. The highest BCUT2D eigenvalue weighted by atomic mass is 32.2. The molecule has 1 saturated carbocycles. The zero-order chi connectivity index (χ0) is 17.6. The predicted molar refractivity (Wildman–Crippen MR) is 91.5 cm³/mol. The fourth-order valence-corrected chi connectivity index (χ4v) is 3.65. The van der Waals surface area contributed by atoms with Crippen LogP contribution in [0.2, 0.25) is 0 Å². The lowest BCUT2D eigenvalue weighted by Crippen LogP contribution is -2.36. The van der Waals surface area contributed by atoms with Crippen molar-refractivity contribution in [3.63, 3.8) is 0 Å². The lowest BCUT2D eigenvalue weighted by atomic mass is 10.1. The van der Waals surface area contributed by atoms with Gasteiger partial charge < -0.3 is 15.1 Å². The molecule has 136 valence electrons. The van der Waals surface area contributed by atoms with Gasteiger partial charge in [0, 0.05) is 25.2 Å². The first-order valence-electron chi connectivity index (χ1n) is 8.49. The number of rotatable bonds is 7. The summed E-state index contributed by atoms with van der Waals surface area (Å²) in [5, 5.41) is 6.03. The second kappa shape index (κ2) is 8.64. The van der Waals surface area contributed by atoms with E-state index in [9.17, 15) is 13.2 Å². The summed E-state index contributed by atoms with van der Waals surface area (Å²) in [4.78, 5) is 12.2. The van der Waals surface area contributed by atoms with Gasteiger partial charge in [0.05, 0.1) is 5.56 Å². The normalized spacial score (nSPS) is 16.8. The minimum atomic E-state index is -3.69. The van der Waals surface area contributed by atoms with Gasteiger partial charge in [-0.1, -0.05) is 25.7 Å². The van der Waals surface area contributed by atoms with E-state index in [-0.39, 0.29) is 22.3 Å². The van der Waals surface area contributed by atoms with Crippen molar-refractivity contribution < 1.29 is 17.6 Å². The van der Waals surface area contributed by atoms with E-state index in [0.29, 0.717) is 19.1 Å². The van der Waals surface area contributed by atoms with Crippen LogP contribution in [0.4, 0.5) is 0 Å². The molecule has 0 atom stereocenters. The Bertz CT molecular complexity index is 646. The molecule has 1 amide bonds. The topological polar surface area (TPSA) is 100 Å². The summed E-state index contributed by atoms with van der Waals surface area (Å²) < 4.78 is 30.8. The molecule has 0 bridgehead atoms. The number of sulfonamides is 1. The molecular weight excluding hydrogens is 330 g/mol. The van der Waals surface area contributed by atoms with Crippen molar-refractivity contribution in [2.75, 3.05) is 20.1 Å². The Morgan fingerprint density at radius 3 is 2.50 bits per heavy atom. The van der Waals surface area contributed by atoms with E-state index in [1.165, 1.54) is 51.6 Å². The Balaban J connectivity index is 1.82. The molecule has 1 aliphatic carbocycles. The zero-order valence-corrected chi connectivity index (χ0v) is 15.2. The van der Waals surface area contributed by atoms with Gasteiger partial charge in [0.2, 0.25) is 5.09 Å². The van der Waals surface area contributed by atoms with E-state index in [4.69, 9.17) is 4.42 Å². The minimum Gasteiger partial charge on any atom is -0.448 e. The van der Waals surface area contributed by atoms with Crippen molar-refractivity contribution in [1.82, 2.24) is 15.4 Å². The Morgan fingerprint density at radius 2 is 1.88 bits per heavy atom. The predicted octanol–water partition coefficient (Wildman–Crippen LogP) is 1.54. The van der Waals surface area contributed by atoms with Crippen LogP contribution in [0, 0.1) is 6.92 Å². The van der Waals surface area contributed by atoms with Gasteiger partial charge in [0.25, 0.3) is 15.9 Å². The highest BCUT2D eigenvalue weighted by Gasteiger charge is 2.22. The maximum atomic E-state index is 12.2. The van der Waals surface area contributed by atoms with Crippen LogP contribution in [0.3, 0.4) is 0 Å². The molecule has 0 aromatic carbocycles. The molecule has 1 fully saturated rings. The fraction of sp³-hybridized carbons (Fsp3) is 0.688. The highest BCUT2D eigenvalue weighted by Crippen LogP contribution is 2.19. The summed E-state index contributed by atoms with van der Waals surface area (Å²) in [6, 6.07) is 1.79. The van der Waals surface area contributed by atoms with Gasteiger partial charge in [-0.25, -0.2) is 13.1 Å². The maximum absolute atomic E-state index is 12.2. The molecule has 0 unspecified atom stereocenters. The first-order chi connectivity index (χ1) is 11.4. The summed E-state index contributed by atoms with van der Waals surface area (Å²) in [7, 11) is -2.39. The summed E-state index contributed by atoms with van der Waals surface area (Å²) in [5.74, 6) is -0.0329. The lowest BCUT2D eigenvalue weighted by Gasteiger charge is -2.16. The first-order valence-corrected chi connectivity index (χ1v) is 9.98. The van der Waals surface area contributed by atoms with Gasteiger partial charge in [-0.2, -0.15) is 0 Å². The largest absolute Gasteiger partial charge is 0.448 e. The van der Waals surface area contributed by atoms with Crippen LogP contribution in [0.25, 0.3) is 0 Å². The van der Waals surface area contributed by atoms with Gasteiger partial charge in [-0.05, 0) is 26.8 Å². The Hall–Kier alpha value is -1.38. The van der Waals surface area contributed by atoms with Gasteiger partial charge in [0.1, 0.15) is 5.76 Å². The maximum Gasteiger partial charge on any atom is 0.273 e. The molecule has 0 saturated heterocycles. The second-order valence-corrected chi connectivity index (χ2v) is 7.96. The first kappa shape index (κ1) is 19.0. The lowest BCUT2D eigenvalue weighted by molar-refractivity contribution is 0.0952. The third-order valence-corrected chi connectivity index (χ3v) is 5.64. The minimum absolute atomic E-state index is 0.246. The van der Waals surface area contributed by atoms with Gasteiger partial charge in [-0.3, -0.25) is 4.79 Å². The van der Waals surface area contributed by atoms with Crippen LogP contribution in [-0.2, 0) is 10.0 Å². The van der Waals surface area contributed by atoms with Crippen LogP contribution in [0.5, 0.6) is 0 Å². The second-order valence-electron chi connectivity index (χ2n) is 6.14. The molecule has 0 radical (unpaired) electrons. The Morgan fingerprint density at radius 1 is 1.21 bits per heavy atom. The average molecular weight is 357 g/mol. The van der Waals surface area contributed by atoms with E-state index in [1.807, 2.05) is 0 Å². The summed E-state index contributed by atoms with van der Waals surface area (Å²) in [5.41, 5.74) is 0.248. The monoisotopic (exact) mass is 357 g/mol. The smallest absolute Gasteiger partial charge is 0.273 e. The van der Waals surface area contributed by atoms with Gasteiger partial charge in [0.15, 0.2) is 0 Å². The van der Waals surface area contributed by atoms with E-state index in [1.54, 1.807) is 6.92 Å². The molecule has 0 spiro atoms. The van der Waals surface area contributed by atoms with E-state index in [0.717, 1.165) is 0 Å².